The van der Waals surface area contributed by atoms with E-state index >= 15 is 0 Å². The lowest BCUT2D eigenvalue weighted by Gasteiger charge is -2.37. The summed E-state index contributed by atoms with van der Waals surface area (Å²) in [6.45, 7) is 1.24. The minimum atomic E-state index is -3.77. The summed E-state index contributed by atoms with van der Waals surface area (Å²) in [6.07, 6.45) is 1.02. The van der Waals surface area contributed by atoms with Gasteiger partial charge in [-0.3, -0.25) is 9.10 Å². The minimum Gasteiger partial charge on any atom is -0.495 e. The van der Waals surface area contributed by atoms with E-state index in [1.165, 1.54) is 19.2 Å². The molecule has 30 heavy (non-hydrogen) atoms. The van der Waals surface area contributed by atoms with Crippen LogP contribution in [0.4, 0.5) is 15.8 Å². The van der Waals surface area contributed by atoms with E-state index < -0.39 is 10.0 Å². The molecule has 1 saturated heterocycles. The molecule has 162 valence electrons. The van der Waals surface area contributed by atoms with Crippen molar-refractivity contribution in [2.45, 2.75) is 0 Å². The SMILES string of the molecule is COc1ccc(Cl)cc1N(CC(=O)N1CCN(c2ccccc2F)CC1)S(C)(=O)=O. The van der Waals surface area contributed by atoms with Crippen molar-refractivity contribution in [1.82, 2.24) is 4.90 Å². The number of amides is 1. The summed E-state index contributed by atoms with van der Waals surface area (Å²) in [6, 6.07) is 11.1. The summed E-state index contributed by atoms with van der Waals surface area (Å²) in [7, 11) is -2.36. The summed E-state index contributed by atoms with van der Waals surface area (Å²) >= 11 is 6.03. The van der Waals surface area contributed by atoms with E-state index in [-0.39, 0.29) is 24.0 Å². The van der Waals surface area contributed by atoms with Crippen LogP contribution in [0.25, 0.3) is 0 Å². The monoisotopic (exact) mass is 455 g/mol. The fourth-order valence-corrected chi connectivity index (χ4v) is 4.38. The number of para-hydroxylation sites is 1. The Bertz CT molecular complexity index is 1030. The highest BCUT2D eigenvalue weighted by atomic mass is 35.5. The van der Waals surface area contributed by atoms with E-state index in [9.17, 15) is 17.6 Å². The predicted octanol–water partition coefficient (Wildman–Crippen LogP) is 2.60. The van der Waals surface area contributed by atoms with Crippen molar-refractivity contribution in [3.63, 3.8) is 0 Å². The second-order valence-corrected chi connectivity index (χ2v) is 9.25. The zero-order valence-corrected chi connectivity index (χ0v) is 18.3. The standard InChI is InChI=1S/C20H23ClFN3O4S/c1-29-19-8-7-15(21)13-18(19)25(30(2,27)28)14-20(26)24-11-9-23(10-12-24)17-6-4-3-5-16(17)22/h3-8,13H,9-12,14H2,1-2H3. The maximum atomic E-state index is 14.0. The lowest BCUT2D eigenvalue weighted by Crippen LogP contribution is -2.52. The van der Waals surface area contributed by atoms with Gasteiger partial charge in [0.2, 0.25) is 15.9 Å². The molecule has 10 heteroatoms. The van der Waals surface area contributed by atoms with Gasteiger partial charge in [0.25, 0.3) is 0 Å². The first-order chi connectivity index (χ1) is 14.2. The highest BCUT2D eigenvalue weighted by Gasteiger charge is 2.29. The molecule has 0 N–H and O–H groups in total. The largest absolute Gasteiger partial charge is 0.495 e. The number of nitrogens with zero attached hydrogens (tertiary/aromatic N) is 3. The number of ether oxygens (including phenoxy) is 1. The molecule has 0 atom stereocenters. The first-order valence-electron chi connectivity index (χ1n) is 9.29. The van der Waals surface area contributed by atoms with Gasteiger partial charge >= 0.3 is 0 Å². The van der Waals surface area contributed by atoms with Crippen LogP contribution >= 0.6 is 11.6 Å². The number of carbonyl (C=O) groups is 1. The Morgan fingerprint density at radius 3 is 2.43 bits per heavy atom. The topological polar surface area (TPSA) is 70.2 Å². The number of hydrogen-bond donors (Lipinski definition) is 0. The van der Waals surface area contributed by atoms with E-state index in [1.807, 2.05) is 4.90 Å². The molecular weight excluding hydrogens is 433 g/mol. The third-order valence-electron chi connectivity index (χ3n) is 4.91. The summed E-state index contributed by atoms with van der Waals surface area (Å²) in [5.41, 5.74) is 0.692. The van der Waals surface area contributed by atoms with Crippen LogP contribution in [0, 0.1) is 5.82 Å². The lowest BCUT2D eigenvalue weighted by molar-refractivity contribution is -0.129. The number of methoxy groups -OCH3 is 1. The quantitative estimate of drug-likeness (QED) is 0.669. The first kappa shape index (κ1) is 22.2. The Morgan fingerprint density at radius 2 is 1.83 bits per heavy atom. The number of hydrogen-bond acceptors (Lipinski definition) is 5. The molecule has 7 nitrogen and oxygen atoms in total. The van der Waals surface area contributed by atoms with Gasteiger partial charge in [0.1, 0.15) is 18.1 Å². The number of sulfonamides is 1. The molecule has 1 aliphatic heterocycles. The molecule has 2 aromatic carbocycles. The van der Waals surface area contributed by atoms with Crippen LogP contribution in [0.2, 0.25) is 5.02 Å². The molecule has 0 saturated carbocycles. The molecular formula is C20H23ClFN3O4S. The smallest absolute Gasteiger partial charge is 0.243 e. The number of piperazine rings is 1. The number of carbonyl (C=O) groups excluding carboxylic acids is 1. The summed E-state index contributed by atoms with van der Waals surface area (Å²) in [5.74, 6) is -0.369. The third kappa shape index (κ3) is 4.96. The van der Waals surface area contributed by atoms with Crippen molar-refractivity contribution in [1.29, 1.82) is 0 Å². The van der Waals surface area contributed by atoms with Crippen LogP contribution in [0.3, 0.4) is 0 Å². The van der Waals surface area contributed by atoms with Crippen molar-refractivity contribution < 1.29 is 22.3 Å². The average molecular weight is 456 g/mol. The molecule has 1 heterocycles. The van der Waals surface area contributed by atoms with Crippen LogP contribution in [0.15, 0.2) is 42.5 Å². The van der Waals surface area contributed by atoms with Crippen LogP contribution in [0.1, 0.15) is 0 Å². The van der Waals surface area contributed by atoms with E-state index in [1.54, 1.807) is 35.2 Å². The predicted molar refractivity (Wildman–Crippen MR) is 115 cm³/mol. The summed E-state index contributed by atoms with van der Waals surface area (Å²) in [4.78, 5) is 16.3. The van der Waals surface area contributed by atoms with Crippen molar-refractivity contribution >= 4 is 38.9 Å². The van der Waals surface area contributed by atoms with Gasteiger partial charge < -0.3 is 14.5 Å². The van der Waals surface area contributed by atoms with Crippen molar-refractivity contribution in [2.24, 2.45) is 0 Å². The number of rotatable bonds is 6. The third-order valence-corrected chi connectivity index (χ3v) is 6.28. The van der Waals surface area contributed by atoms with Gasteiger partial charge in [-0.15, -0.1) is 0 Å². The minimum absolute atomic E-state index is 0.200. The second kappa shape index (κ2) is 9.09. The summed E-state index contributed by atoms with van der Waals surface area (Å²) < 4.78 is 45.1. The Balaban J connectivity index is 1.74. The van der Waals surface area contributed by atoms with Crippen LogP contribution in [-0.4, -0.2) is 65.3 Å². The Kier molecular flexibility index (Phi) is 6.72. The van der Waals surface area contributed by atoms with Gasteiger partial charge in [0, 0.05) is 31.2 Å². The molecule has 0 aliphatic carbocycles. The molecule has 1 amide bonds. The van der Waals surface area contributed by atoms with Crippen LogP contribution in [0.5, 0.6) is 5.75 Å². The molecule has 1 aliphatic rings. The van der Waals surface area contributed by atoms with Gasteiger partial charge in [-0.05, 0) is 30.3 Å². The highest BCUT2D eigenvalue weighted by molar-refractivity contribution is 7.92. The zero-order chi connectivity index (χ0) is 21.9. The highest BCUT2D eigenvalue weighted by Crippen LogP contribution is 2.33. The Hall–Kier alpha value is -2.52. The average Bonchev–Trinajstić information content (AvgIpc) is 2.71. The van der Waals surface area contributed by atoms with Gasteiger partial charge in [-0.25, -0.2) is 12.8 Å². The fourth-order valence-electron chi connectivity index (χ4n) is 3.37. The first-order valence-corrected chi connectivity index (χ1v) is 11.5. The molecule has 0 unspecified atom stereocenters. The molecule has 0 radical (unpaired) electrons. The maximum absolute atomic E-state index is 14.0. The van der Waals surface area contributed by atoms with Gasteiger partial charge in [0.05, 0.1) is 24.7 Å². The zero-order valence-electron chi connectivity index (χ0n) is 16.7. The number of halogens is 2. The van der Waals surface area contributed by atoms with Gasteiger partial charge in [0.15, 0.2) is 0 Å². The summed E-state index contributed by atoms with van der Waals surface area (Å²) in [5, 5.41) is 0.324. The van der Waals surface area contributed by atoms with E-state index in [0.717, 1.165) is 10.6 Å². The molecule has 3 rings (SSSR count). The molecule has 2 aromatic rings. The van der Waals surface area contributed by atoms with Gasteiger partial charge in [-0.2, -0.15) is 0 Å². The van der Waals surface area contributed by atoms with E-state index in [0.29, 0.717) is 42.6 Å². The molecule has 0 aromatic heterocycles. The van der Waals surface area contributed by atoms with E-state index in [4.69, 9.17) is 16.3 Å². The van der Waals surface area contributed by atoms with Crippen LogP contribution in [-0.2, 0) is 14.8 Å². The van der Waals surface area contributed by atoms with Crippen molar-refractivity contribution in [3.8, 4) is 5.75 Å². The molecule has 0 spiro atoms. The normalized spacial score (nSPS) is 14.5. The lowest BCUT2D eigenvalue weighted by atomic mass is 10.2. The second-order valence-electron chi connectivity index (χ2n) is 6.91. The molecule has 0 bridgehead atoms. The number of benzene rings is 2. The van der Waals surface area contributed by atoms with Crippen molar-refractivity contribution in [2.75, 3.05) is 55.3 Å². The van der Waals surface area contributed by atoms with Crippen LogP contribution < -0.4 is 13.9 Å². The molecule has 1 fully saturated rings. The maximum Gasteiger partial charge on any atom is 0.243 e. The van der Waals surface area contributed by atoms with Crippen molar-refractivity contribution in [3.05, 3.63) is 53.3 Å². The Labute approximate surface area is 180 Å². The van der Waals surface area contributed by atoms with E-state index in [2.05, 4.69) is 0 Å². The Morgan fingerprint density at radius 1 is 1.17 bits per heavy atom. The number of anilines is 2. The fraction of sp³-hybridized carbons (Fsp3) is 0.350. The van der Waals surface area contributed by atoms with Gasteiger partial charge in [-0.1, -0.05) is 23.7 Å².